The van der Waals surface area contributed by atoms with E-state index in [0.717, 1.165) is 35.5 Å². The Hall–Kier alpha value is -2.95. The molecule has 0 atom stereocenters. The first kappa shape index (κ1) is 17.9. The van der Waals surface area contributed by atoms with Crippen LogP contribution in [-0.4, -0.2) is 5.84 Å². The van der Waals surface area contributed by atoms with Crippen LogP contribution in [0.15, 0.2) is 84.0 Å². The summed E-state index contributed by atoms with van der Waals surface area (Å²) < 4.78 is 0. The van der Waals surface area contributed by atoms with E-state index < -0.39 is 0 Å². The van der Waals surface area contributed by atoms with Crippen molar-refractivity contribution >= 4 is 11.5 Å². The minimum Gasteiger partial charge on any atom is -0.538 e. The maximum absolute atomic E-state index is 5.39. The molecule has 0 bridgehead atoms. The summed E-state index contributed by atoms with van der Waals surface area (Å²) in [5.41, 5.74) is 9.26. The minimum atomic E-state index is 0.746. The zero-order chi connectivity index (χ0) is 18.2. The molecular formula is C22H24N4. The molecule has 3 aromatic carbocycles. The maximum atomic E-state index is 5.39. The van der Waals surface area contributed by atoms with Crippen molar-refractivity contribution in [1.82, 2.24) is 0 Å². The number of benzene rings is 3. The molecule has 4 N–H and O–H groups in total. The van der Waals surface area contributed by atoms with Gasteiger partial charge in [-0.3, -0.25) is 5.32 Å². The molecule has 0 aromatic heterocycles. The van der Waals surface area contributed by atoms with Crippen LogP contribution < -0.4 is 11.2 Å². The summed E-state index contributed by atoms with van der Waals surface area (Å²) in [6.07, 6.45) is 2.21. The van der Waals surface area contributed by atoms with Crippen LogP contribution in [0.3, 0.4) is 0 Å². The highest BCUT2D eigenvalue weighted by Gasteiger charge is 2.14. The van der Waals surface area contributed by atoms with Gasteiger partial charge in [0.05, 0.1) is 5.56 Å². The first-order chi connectivity index (χ1) is 12.8. The zero-order valence-corrected chi connectivity index (χ0v) is 15.0. The number of para-hydroxylation sites is 1. The summed E-state index contributed by atoms with van der Waals surface area (Å²) in [6.45, 7) is 2.20. The molecule has 0 spiro atoms. The maximum Gasteiger partial charge on any atom is 0.219 e. The van der Waals surface area contributed by atoms with Crippen molar-refractivity contribution in [2.24, 2.45) is 10.9 Å². The fraction of sp³-hybridized carbons (Fsp3) is 0.136. The largest absolute Gasteiger partial charge is 0.538 e. The SMILES string of the molecule is CCCc1cccc(-c2ccccc2/C(=N/[N-]N)[NH2+]c2ccccc2)c1. The molecule has 0 heterocycles. The van der Waals surface area contributed by atoms with Gasteiger partial charge in [0.15, 0.2) is 0 Å². The molecule has 0 saturated heterocycles. The number of nitrogens with two attached hydrogens (primary N) is 2. The van der Waals surface area contributed by atoms with Gasteiger partial charge in [0.1, 0.15) is 5.69 Å². The fourth-order valence-corrected chi connectivity index (χ4v) is 3.07. The second kappa shape index (κ2) is 8.94. The lowest BCUT2D eigenvalue weighted by atomic mass is 9.96. The van der Waals surface area contributed by atoms with Crippen LogP contribution >= 0.6 is 0 Å². The number of hydrogen-bond acceptors (Lipinski definition) is 2. The average Bonchev–Trinajstić information content (AvgIpc) is 2.69. The Morgan fingerprint density at radius 3 is 2.50 bits per heavy atom. The lowest BCUT2D eigenvalue weighted by molar-refractivity contribution is -0.442. The van der Waals surface area contributed by atoms with Crippen LogP contribution in [0.5, 0.6) is 0 Å². The normalized spacial score (nSPS) is 11.4. The van der Waals surface area contributed by atoms with Crippen LogP contribution in [0.25, 0.3) is 16.7 Å². The van der Waals surface area contributed by atoms with E-state index in [1.54, 1.807) is 0 Å². The lowest BCUT2D eigenvalue weighted by Crippen LogP contribution is -2.82. The van der Waals surface area contributed by atoms with Crippen LogP contribution in [0.4, 0.5) is 5.69 Å². The predicted molar refractivity (Wildman–Crippen MR) is 108 cm³/mol. The second-order valence-corrected chi connectivity index (χ2v) is 6.15. The Labute approximate surface area is 154 Å². The van der Waals surface area contributed by atoms with Gasteiger partial charge in [-0.05, 0) is 41.3 Å². The summed E-state index contributed by atoms with van der Waals surface area (Å²) in [7, 11) is 0. The van der Waals surface area contributed by atoms with E-state index in [0.29, 0.717) is 0 Å². The van der Waals surface area contributed by atoms with E-state index in [-0.39, 0.29) is 0 Å². The van der Waals surface area contributed by atoms with E-state index in [9.17, 15) is 0 Å². The van der Waals surface area contributed by atoms with Crippen molar-refractivity contribution in [2.75, 3.05) is 0 Å². The predicted octanol–water partition coefficient (Wildman–Crippen LogP) is 4.11. The van der Waals surface area contributed by atoms with Crippen molar-refractivity contribution in [1.29, 1.82) is 0 Å². The van der Waals surface area contributed by atoms with Gasteiger partial charge >= 0.3 is 0 Å². The monoisotopic (exact) mass is 344 g/mol. The third-order valence-electron chi connectivity index (χ3n) is 4.25. The van der Waals surface area contributed by atoms with Crippen LogP contribution in [-0.2, 0) is 6.42 Å². The molecular weight excluding hydrogens is 320 g/mol. The average molecular weight is 344 g/mol. The van der Waals surface area contributed by atoms with Gasteiger partial charge in [0.2, 0.25) is 5.84 Å². The summed E-state index contributed by atoms with van der Waals surface area (Å²) in [5, 5.41) is 6.20. The minimum absolute atomic E-state index is 0.746. The zero-order valence-electron chi connectivity index (χ0n) is 15.0. The van der Waals surface area contributed by atoms with Gasteiger partial charge in [0.25, 0.3) is 0 Å². The topological polar surface area (TPSA) is 69.1 Å². The van der Waals surface area contributed by atoms with E-state index >= 15 is 0 Å². The Morgan fingerprint density at radius 1 is 0.962 bits per heavy atom. The van der Waals surface area contributed by atoms with Gasteiger partial charge in [0, 0.05) is 0 Å². The van der Waals surface area contributed by atoms with Gasteiger partial charge in [-0.25, -0.2) is 0 Å². The number of nitrogens with zero attached hydrogens (tertiary/aromatic N) is 2. The highest BCUT2D eigenvalue weighted by Crippen LogP contribution is 2.25. The van der Waals surface area contributed by atoms with Gasteiger partial charge in [-0.1, -0.05) is 74.0 Å². The summed E-state index contributed by atoms with van der Waals surface area (Å²) >= 11 is 0. The van der Waals surface area contributed by atoms with Crippen molar-refractivity contribution in [3.63, 3.8) is 0 Å². The van der Waals surface area contributed by atoms with E-state index in [4.69, 9.17) is 5.84 Å². The smallest absolute Gasteiger partial charge is 0.219 e. The molecule has 4 nitrogen and oxygen atoms in total. The van der Waals surface area contributed by atoms with Crippen molar-refractivity contribution in [3.8, 4) is 11.1 Å². The number of hydrogen-bond donors (Lipinski definition) is 2. The number of aryl methyl sites for hydroxylation is 1. The number of amidine groups is 1. The molecule has 0 radical (unpaired) electrons. The molecule has 3 rings (SSSR count). The molecule has 0 aliphatic rings. The van der Waals surface area contributed by atoms with E-state index in [1.165, 1.54) is 11.1 Å². The second-order valence-electron chi connectivity index (χ2n) is 6.15. The highest BCUT2D eigenvalue weighted by atomic mass is 15.5. The van der Waals surface area contributed by atoms with E-state index in [2.05, 4.69) is 54.0 Å². The molecule has 26 heavy (non-hydrogen) atoms. The molecule has 0 aliphatic heterocycles. The van der Waals surface area contributed by atoms with Gasteiger partial charge < -0.3 is 16.5 Å². The highest BCUT2D eigenvalue weighted by molar-refractivity contribution is 5.99. The van der Waals surface area contributed by atoms with Gasteiger partial charge in [-0.15, -0.1) is 0 Å². The molecule has 132 valence electrons. The lowest BCUT2D eigenvalue weighted by Gasteiger charge is -2.14. The van der Waals surface area contributed by atoms with Crippen molar-refractivity contribution < 1.29 is 5.32 Å². The van der Waals surface area contributed by atoms with Crippen LogP contribution in [0, 0.1) is 0 Å². The van der Waals surface area contributed by atoms with Crippen LogP contribution in [0.2, 0.25) is 0 Å². The quantitative estimate of drug-likeness (QED) is 0.228. The van der Waals surface area contributed by atoms with Crippen molar-refractivity contribution in [3.05, 3.63) is 95.5 Å². The molecule has 4 heteroatoms. The summed E-state index contributed by atoms with van der Waals surface area (Å²) in [4.78, 5) is 0. The van der Waals surface area contributed by atoms with Crippen LogP contribution in [0.1, 0.15) is 24.5 Å². The van der Waals surface area contributed by atoms with E-state index in [1.807, 2.05) is 47.8 Å². The summed E-state index contributed by atoms with van der Waals surface area (Å²) in [5.74, 6) is 6.14. The third kappa shape index (κ3) is 4.36. The third-order valence-corrected chi connectivity index (χ3v) is 4.25. The van der Waals surface area contributed by atoms with Crippen molar-refractivity contribution in [2.45, 2.75) is 19.8 Å². The molecule has 0 unspecified atom stereocenters. The summed E-state index contributed by atoms with van der Waals surface area (Å²) in [6, 6.07) is 27.0. The number of quaternary nitrogens is 1. The Balaban J connectivity index is 2.01. The number of rotatable bonds is 6. The fourth-order valence-electron chi connectivity index (χ4n) is 3.07. The molecule has 0 amide bonds. The standard InChI is InChI=1S/C22H23N4/c1-2-9-17-10-8-11-18(16-17)20-14-6-7-15-21(20)22(25-26-23)24-19-12-4-3-5-13-19/h3-8,10-16H,2,9,23H2,1H3,(H,24,25)/q-1/p+1. The Morgan fingerprint density at radius 2 is 1.73 bits per heavy atom. The van der Waals surface area contributed by atoms with Gasteiger partial charge in [-0.2, -0.15) is 0 Å². The Kier molecular flexibility index (Phi) is 6.14. The molecule has 0 saturated carbocycles. The molecule has 0 fully saturated rings. The first-order valence-corrected chi connectivity index (χ1v) is 8.88. The molecule has 0 aliphatic carbocycles. The Bertz CT molecular complexity index is 872. The molecule has 3 aromatic rings. The first-order valence-electron chi connectivity index (χ1n) is 8.88.